The van der Waals surface area contributed by atoms with E-state index in [2.05, 4.69) is 16.9 Å². The Bertz CT molecular complexity index is 597. The summed E-state index contributed by atoms with van der Waals surface area (Å²) >= 11 is 0. The van der Waals surface area contributed by atoms with Crippen LogP contribution in [0.4, 0.5) is 0 Å². The minimum Gasteiger partial charge on any atom is -0.481 e. The lowest BCUT2D eigenvalue weighted by atomic mass is 9.88. The molecule has 0 fully saturated rings. The average Bonchev–Trinajstić information content (AvgIpc) is 2.60. The highest BCUT2D eigenvalue weighted by Gasteiger charge is 2.20. The van der Waals surface area contributed by atoms with E-state index in [9.17, 15) is 4.79 Å². The highest BCUT2D eigenvalue weighted by molar-refractivity contribution is 6.05. The first-order valence-corrected chi connectivity index (χ1v) is 8.25. The highest BCUT2D eigenvalue weighted by Crippen LogP contribution is 2.30. The lowest BCUT2D eigenvalue weighted by Gasteiger charge is -2.18. The molecule has 4 nitrogen and oxygen atoms in total. The van der Waals surface area contributed by atoms with Gasteiger partial charge in [0, 0.05) is 23.4 Å². The summed E-state index contributed by atoms with van der Waals surface area (Å²) in [6.45, 7) is 15.5. The first-order valence-electron chi connectivity index (χ1n) is 8.25. The van der Waals surface area contributed by atoms with E-state index in [4.69, 9.17) is 4.74 Å². The zero-order valence-electron chi connectivity index (χ0n) is 15.9. The Morgan fingerprint density at radius 2 is 1.96 bits per heavy atom. The van der Waals surface area contributed by atoms with Crippen LogP contribution in [0.5, 0.6) is 5.88 Å². The van der Waals surface area contributed by atoms with Gasteiger partial charge in [-0.25, -0.2) is 4.98 Å². The molecular weight excluding hydrogens is 300 g/mol. The lowest BCUT2D eigenvalue weighted by molar-refractivity contribution is -0.116. The number of ether oxygens (including phenoxy) is 1. The van der Waals surface area contributed by atoms with Crippen LogP contribution >= 0.6 is 0 Å². The Hall–Kier alpha value is -2.36. The number of aromatic nitrogens is 1. The maximum atomic E-state index is 12.4. The predicted molar refractivity (Wildman–Crippen MR) is 102 cm³/mol. The summed E-state index contributed by atoms with van der Waals surface area (Å²) in [5, 5.41) is 2.67. The number of methoxy groups -OCH3 is 1. The van der Waals surface area contributed by atoms with Crippen molar-refractivity contribution in [2.75, 3.05) is 7.11 Å². The van der Waals surface area contributed by atoms with Crippen LogP contribution in [0.3, 0.4) is 0 Å². The van der Waals surface area contributed by atoms with E-state index in [1.165, 1.54) is 6.20 Å². The smallest absolute Gasteiger partial charge is 0.251 e. The molecule has 0 saturated heterocycles. The summed E-state index contributed by atoms with van der Waals surface area (Å²) in [4.78, 5) is 16.7. The zero-order valence-corrected chi connectivity index (χ0v) is 15.9. The molecule has 1 amide bonds. The molecule has 0 spiro atoms. The normalized spacial score (nSPS) is 11.9. The van der Waals surface area contributed by atoms with Crippen LogP contribution in [-0.2, 0) is 4.79 Å². The maximum absolute atomic E-state index is 12.4. The van der Waals surface area contributed by atoms with E-state index in [0.29, 0.717) is 11.5 Å². The van der Waals surface area contributed by atoms with E-state index in [-0.39, 0.29) is 11.8 Å². The van der Waals surface area contributed by atoms with E-state index in [1.807, 2.05) is 53.7 Å². The van der Waals surface area contributed by atoms with Crippen molar-refractivity contribution >= 4 is 11.5 Å². The molecule has 0 saturated carbocycles. The van der Waals surface area contributed by atoms with Crippen LogP contribution in [0.1, 0.15) is 47.1 Å². The van der Waals surface area contributed by atoms with Gasteiger partial charge >= 0.3 is 0 Å². The number of nitrogens with zero attached hydrogens (tertiary/aromatic N) is 1. The van der Waals surface area contributed by atoms with Gasteiger partial charge in [0.15, 0.2) is 0 Å². The quantitative estimate of drug-likeness (QED) is 0.605. The van der Waals surface area contributed by atoms with Gasteiger partial charge in [0.1, 0.15) is 0 Å². The summed E-state index contributed by atoms with van der Waals surface area (Å²) in [5.41, 5.74) is 3.52. The number of allylic oxidation sites excluding steroid dienone is 3. The van der Waals surface area contributed by atoms with Gasteiger partial charge in [0.05, 0.1) is 7.11 Å². The Balaban J connectivity index is 0.00000254. The van der Waals surface area contributed by atoms with E-state index >= 15 is 0 Å². The highest BCUT2D eigenvalue weighted by atomic mass is 16.5. The third-order valence-corrected chi connectivity index (χ3v) is 3.39. The van der Waals surface area contributed by atoms with Crippen LogP contribution < -0.4 is 10.1 Å². The van der Waals surface area contributed by atoms with Crippen LogP contribution in [-0.4, -0.2) is 18.0 Å². The fourth-order valence-electron chi connectivity index (χ4n) is 2.22. The number of hydrogen-bond acceptors (Lipinski definition) is 3. The number of carbonyl (C=O) groups is 1. The van der Waals surface area contributed by atoms with Gasteiger partial charge in [0.25, 0.3) is 5.91 Å². The molecule has 1 aromatic heterocycles. The maximum Gasteiger partial charge on any atom is 0.251 e. The van der Waals surface area contributed by atoms with Gasteiger partial charge in [-0.05, 0) is 43.2 Å². The lowest BCUT2D eigenvalue weighted by Crippen LogP contribution is -2.23. The van der Waals surface area contributed by atoms with Crippen molar-refractivity contribution in [1.82, 2.24) is 10.3 Å². The molecule has 1 heterocycles. The van der Waals surface area contributed by atoms with Crippen molar-refractivity contribution < 1.29 is 9.53 Å². The number of carbonyl (C=O) groups excluding carboxylic acids is 1. The number of amides is 1. The van der Waals surface area contributed by atoms with Crippen molar-refractivity contribution in [3.63, 3.8) is 0 Å². The van der Waals surface area contributed by atoms with Crippen molar-refractivity contribution in [3.8, 4) is 5.88 Å². The molecule has 0 aliphatic heterocycles. The molecule has 4 heteroatoms. The minimum absolute atomic E-state index is 0.0620. The third kappa shape index (κ3) is 5.69. The van der Waals surface area contributed by atoms with Crippen molar-refractivity contribution in [1.29, 1.82) is 0 Å². The molecule has 0 bridgehead atoms. The molecule has 1 aromatic rings. The van der Waals surface area contributed by atoms with Crippen molar-refractivity contribution in [2.24, 2.45) is 5.92 Å². The van der Waals surface area contributed by atoms with Gasteiger partial charge in [-0.1, -0.05) is 40.3 Å². The molecule has 0 unspecified atom stereocenters. The van der Waals surface area contributed by atoms with Gasteiger partial charge in [0.2, 0.25) is 5.88 Å². The van der Waals surface area contributed by atoms with Crippen LogP contribution in [0.15, 0.2) is 48.3 Å². The second kappa shape index (κ2) is 11.2. The average molecular weight is 330 g/mol. The minimum atomic E-state index is -0.142. The van der Waals surface area contributed by atoms with E-state index in [1.54, 1.807) is 19.4 Å². The van der Waals surface area contributed by atoms with Crippen LogP contribution in [0.2, 0.25) is 0 Å². The Morgan fingerprint density at radius 1 is 1.33 bits per heavy atom. The van der Waals surface area contributed by atoms with Crippen LogP contribution in [0.25, 0.3) is 5.57 Å². The zero-order chi connectivity index (χ0) is 18.7. The SMILES string of the molecule is C=CNC(=O)/C(=C(/C(C)=C\C)c1ccc(OC)nc1)C(C)C.CC. The summed E-state index contributed by atoms with van der Waals surface area (Å²) in [7, 11) is 1.58. The molecule has 1 N–H and O–H groups in total. The topological polar surface area (TPSA) is 51.2 Å². The monoisotopic (exact) mass is 330 g/mol. The first-order chi connectivity index (χ1) is 11.5. The van der Waals surface area contributed by atoms with Gasteiger partial charge < -0.3 is 10.1 Å². The van der Waals surface area contributed by atoms with Crippen LogP contribution in [0, 0.1) is 5.92 Å². The van der Waals surface area contributed by atoms with E-state index in [0.717, 1.165) is 16.7 Å². The molecule has 24 heavy (non-hydrogen) atoms. The Kier molecular flexibility index (Phi) is 10.1. The molecule has 0 atom stereocenters. The van der Waals surface area contributed by atoms with E-state index < -0.39 is 0 Å². The van der Waals surface area contributed by atoms with Crippen molar-refractivity contribution in [3.05, 3.63) is 53.9 Å². The Labute approximate surface area is 146 Å². The fourth-order valence-corrected chi connectivity index (χ4v) is 2.22. The number of hydrogen-bond donors (Lipinski definition) is 1. The van der Waals surface area contributed by atoms with Crippen molar-refractivity contribution in [2.45, 2.75) is 41.5 Å². The fraction of sp³-hybridized carbons (Fsp3) is 0.400. The molecule has 0 aliphatic rings. The second-order valence-corrected chi connectivity index (χ2v) is 5.18. The predicted octanol–water partition coefficient (Wildman–Crippen LogP) is 4.75. The van der Waals surface area contributed by atoms with Gasteiger partial charge in [-0.3, -0.25) is 4.79 Å². The van der Waals surface area contributed by atoms with Gasteiger partial charge in [-0.2, -0.15) is 0 Å². The van der Waals surface area contributed by atoms with Gasteiger partial charge in [-0.15, -0.1) is 0 Å². The summed E-state index contributed by atoms with van der Waals surface area (Å²) in [5.74, 6) is 0.465. The second-order valence-electron chi connectivity index (χ2n) is 5.18. The molecule has 0 radical (unpaired) electrons. The molecule has 0 aliphatic carbocycles. The molecule has 1 rings (SSSR count). The third-order valence-electron chi connectivity index (χ3n) is 3.39. The summed E-state index contributed by atoms with van der Waals surface area (Å²) in [6, 6.07) is 3.71. The molecule has 0 aromatic carbocycles. The molecular formula is C20H30N2O2. The standard InChI is InChI=1S/C18H24N2O2.C2H6/c1-7-13(5)17(14-9-10-15(22-6)20-11-14)16(12(3)4)18(21)19-8-2;1-2/h7-12H,2H2,1,3-6H3,(H,19,21);1-2H3/b13-7-,17-16-;. The summed E-state index contributed by atoms with van der Waals surface area (Å²) < 4.78 is 5.10. The number of pyridine rings is 1. The molecule has 132 valence electrons. The first kappa shape index (κ1) is 21.6. The number of nitrogens with one attached hydrogen (secondary N) is 1. The Morgan fingerprint density at radius 3 is 2.33 bits per heavy atom. The number of rotatable bonds is 6. The summed E-state index contributed by atoms with van der Waals surface area (Å²) in [6.07, 6.45) is 5.12. The largest absolute Gasteiger partial charge is 0.481 e.